The molecule has 3 aliphatic rings. The van der Waals surface area contributed by atoms with Gasteiger partial charge in [0.05, 0.1) is 0 Å². The Kier molecular flexibility index (Phi) is 7.91. The summed E-state index contributed by atoms with van der Waals surface area (Å²) >= 11 is 0. The fourth-order valence-electron chi connectivity index (χ4n) is 7.06. The van der Waals surface area contributed by atoms with Crippen molar-refractivity contribution in [2.24, 2.45) is 23.7 Å². The van der Waals surface area contributed by atoms with E-state index in [0.717, 1.165) is 35.5 Å². The highest BCUT2D eigenvalue weighted by atomic mass is 14.4. The van der Waals surface area contributed by atoms with Crippen molar-refractivity contribution >= 4 is 0 Å². The minimum Gasteiger partial charge on any atom is -0.103 e. The van der Waals surface area contributed by atoms with Crippen LogP contribution in [0.1, 0.15) is 113 Å². The van der Waals surface area contributed by atoms with Gasteiger partial charge in [-0.25, -0.2) is 0 Å². The summed E-state index contributed by atoms with van der Waals surface area (Å²) in [5.41, 5.74) is 3.22. The van der Waals surface area contributed by atoms with Gasteiger partial charge >= 0.3 is 0 Å². The summed E-state index contributed by atoms with van der Waals surface area (Å²) in [6.45, 7) is 7.86. The predicted octanol–water partition coefficient (Wildman–Crippen LogP) is 9.19. The minimum absolute atomic E-state index is 0.798. The molecule has 164 valence electrons. The number of allylic oxidation sites excluding steroid dienone is 2. The molecule has 1 aromatic carbocycles. The second-order valence-electron chi connectivity index (χ2n) is 10.8. The second-order valence-corrected chi connectivity index (χ2v) is 10.8. The molecule has 30 heavy (non-hydrogen) atoms. The van der Waals surface area contributed by atoms with Gasteiger partial charge in [0, 0.05) is 0 Å². The molecule has 0 atom stereocenters. The molecule has 0 amide bonds. The van der Waals surface area contributed by atoms with E-state index in [-0.39, 0.29) is 0 Å². The van der Waals surface area contributed by atoms with Crippen LogP contribution in [0, 0.1) is 23.7 Å². The third-order valence-corrected chi connectivity index (χ3v) is 9.06. The van der Waals surface area contributed by atoms with Gasteiger partial charge in [0.1, 0.15) is 0 Å². The average molecular weight is 405 g/mol. The molecule has 0 spiro atoms. The van der Waals surface area contributed by atoms with Crippen LogP contribution in [0.15, 0.2) is 49.6 Å². The van der Waals surface area contributed by atoms with Crippen LogP contribution in [0.2, 0.25) is 0 Å². The second kappa shape index (κ2) is 10.8. The lowest BCUT2D eigenvalue weighted by Crippen LogP contribution is -2.25. The van der Waals surface area contributed by atoms with Gasteiger partial charge in [-0.2, -0.15) is 0 Å². The summed E-state index contributed by atoms with van der Waals surface area (Å²) < 4.78 is 0. The third kappa shape index (κ3) is 5.49. The standard InChI is InChI=1S/C30H44/c1-3-5-23-7-11-25(12-8-23)27-15-19-29(20-16-27)30-21-17-28(18-22-30)26-13-9-24(6-4-2)10-14-26/h3-4,15-16,19-20,23-26,28,30H,1-2,5-14,17-18,21-22H2/t23-,24-,25-,26-,28-,30-. The van der Waals surface area contributed by atoms with E-state index in [1.807, 2.05) is 0 Å². The molecule has 3 saturated carbocycles. The van der Waals surface area contributed by atoms with Crippen LogP contribution in [0.5, 0.6) is 0 Å². The molecule has 0 aliphatic heterocycles. The predicted molar refractivity (Wildman–Crippen MR) is 131 cm³/mol. The van der Waals surface area contributed by atoms with Gasteiger partial charge in [0.2, 0.25) is 0 Å². The van der Waals surface area contributed by atoms with Gasteiger partial charge in [-0.3, -0.25) is 0 Å². The highest BCUT2D eigenvalue weighted by molar-refractivity contribution is 5.28. The van der Waals surface area contributed by atoms with Crippen molar-refractivity contribution in [3.05, 3.63) is 60.7 Å². The van der Waals surface area contributed by atoms with Crippen LogP contribution in [-0.2, 0) is 0 Å². The van der Waals surface area contributed by atoms with Crippen LogP contribution in [-0.4, -0.2) is 0 Å². The Morgan fingerprint density at radius 3 is 1.27 bits per heavy atom. The summed E-state index contributed by atoms with van der Waals surface area (Å²) in [5, 5.41) is 0. The smallest absolute Gasteiger partial charge is 0.0162 e. The molecule has 3 aliphatic carbocycles. The van der Waals surface area contributed by atoms with E-state index in [2.05, 4.69) is 49.6 Å². The summed E-state index contributed by atoms with van der Waals surface area (Å²) in [4.78, 5) is 0. The lowest BCUT2D eigenvalue weighted by Gasteiger charge is -2.38. The average Bonchev–Trinajstić information content (AvgIpc) is 2.81. The Balaban J connectivity index is 1.23. The number of rotatable bonds is 7. The largest absolute Gasteiger partial charge is 0.103 e. The van der Waals surface area contributed by atoms with E-state index >= 15 is 0 Å². The van der Waals surface area contributed by atoms with Gasteiger partial charge in [-0.15, -0.1) is 13.2 Å². The molecule has 0 saturated heterocycles. The van der Waals surface area contributed by atoms with E-state index < -0.39 is 0 Å². The Bertz CT molecular complexity index is 644. The van der Waals surface area contributed by atoms with Crippen LogP contribution in [0.3, 0.4) is 0 Å². The monoisotopic (exact) mass is 404 g/mol. The first-order chi connectivity index (χ1) is 14.8. The molecule has 0 heteroatoms. The fraction of sp³-hybridized carbons (Fsp3) is 0.667. The first kappa shape index (κ1) is 21.9. The third-order valence-electron chi connectivity index (χ3n) is 9.06. The van der Waals surface area contributed by atoms with E-state index in [4.69, 9.17) is 0 Å². The topological polar surface area (TPSA) is 0 Å². The first-order valence-corrected chi connectivity index (χ1v) is 13.1. The van der Waals surface area contributed by atoms with Gasteiger partial charge in [-0.05, 0) is 137 Å². The zero-order chi connectivity index (χ0) is 20.8. The van der Waals surface area contributed by atoms with Crippen LogP contribution in [0.25, 0.3) is 0 Å². The summed E-state index contributed by atoms with van der Waals surface area (Å²) in [5.74, 6) is 5.47. The molecule has 0 aromatic heterocycles. The van der Waals surface area contributed by atoms with Crippen molar-refractivity contribution in [2.45, 2.75) is 102 Å². The summed E-state index contributed by atoms with van der Waals surface area (Å²) in [7, 11) is 0. The van der Waals surface area contributed by atoms with Crippen molar-refractivity contribution in [1.82, 2.24) is 0 Å². The van der Waals surface area contributed by atoms with Gasteiger partial charge < -0.3 is 0 Å². The lowest BCUT2D eigenvalue weighted by atomic mass is 9.68. The molecular formula is C30H44. The van der Waals surface area contributed by atoms with E-state index in [1.54, 1.807) is 11.1 Å². The van der Waals surface area contributed by atoms with Gasteiger partial charge in [0.25, 0.3) is 0 Å². The lowest BCUT2D eigenvalue weighted by molar-refractivity contribution is 0.160. The molecule has 0 bridgehead atoms. The van der Waals surface area contributed by atoms with E-state index in [9.17, 15) is 0 Å². The molecule has 3 fully saturated rings. The van der Waals surface area contributed by atoms with Crippen molar-refractivity contribution in [1.29, 1.82) is 0 Å². The number of hydrogen-bond acceptors (Lipinski definition) is 0. The Morgan fingerprint density at radius 1 is 0.533 bits per heavy atom. The fourth-order valence-corrected chi connectivity index (χ4v) is 7.06. The molecule has 0 unspecified atom stereocenters. The maximum atomic E-state index is 3.94. The zero-order valence-electron chi connectivity index (χ0n) is 19.2. The molecule has 4 rings (SSSR count). The Labute approximate surface area is 186 Å². The molecule has 0 nitrogen and oxygen atoms in total. The zero-order valence-corrected chi connectivity index (χ0v) is 19.2. The molecule has 0 N–H and O–H groups in total. The van der Waals surface area contributed by atoms with Crippen molar-refractivity contribution < 1.29 is 0 Å². The normalized spacial score (nSPS) is 34.9. The minimum atomic E-state index is 0.798. The van der Waals surface area contributed by atoms with Crippen LogP contribution >= 0.6 is 0 Å². The molecule has 0 radical (unpaired) electrons. The molecular weight excluding hydrogens is 360 g/mol. The maximum absolute atomic E-state index is 3.94. The summed E-state index contributed by atoms with van der Waals surface area (Å²) in [6.07, 6.45) is 23.9. The SMILES string of the molecule is C=CC[C@H]1CC[C@H](c2ccc([C@H]3CC[C@H]([C@H]4CC[C@H](CC=C)CC4)CC3)cc2)CC1. The first-order valence-electron chi connectivity index (χ1n) is 13.1. The van der Waals surface area contributed by atoms with Gasteiger partial charge in [-0.1, -0.05) is 36.4 Å². The van der Waals surface area contributed by atoms with Crippen LogP contribution < -0.4 is 0 Å². The number of hydrogen-bond donors (Lipinski definition) is 0. The van der Waals surface area contributed by atoms with E-state index in [1.165, 1.54) is 89.9 Å². The highest BCUT2D eigenvalue weighted by Crippen LogP contribution is 2.45. The maximum Gasteiger partial charge on any atom is -0.0162 e. The quantitative estimate of drug-likeness (QED) is 0.397. The van der Waals surface area contributed by atoms with Crippen molar-refractivity contribution in [3.63, 3.8) is 0 Å². The molecule has 0 heterocycles. The molecule has 1 aromatic rings. The number of benzene rings is 1. The van der Waals surface area contributed by atoms with Crippen molar-refractivity contribution in [2.75, 3.05) is 0 Å². The van der Waals surface area contributed by atoms with Crippen LogP contribution in [0.4, 0.5) is 0 Å². The van der Waals surface area contributed by atoms with Crippen molar-refractivity contribution in [3.8, 4) is 0 Å². The highest BCUT2D eigenvalue weighted by Gasteiger charge is 2.31. The van der Waals surface area contributed by atoms with E-state index in [0.29, 0.717) is 0 Å². The van der Waals surface area contributed by atoms with Gasteiger partial charge in [0.15, 0.2) is 0 Å². The Morgan fingerprint density at radius 2 is 0.867 bits per heavy atom. The Hall–Kier alpha value is -1.30. The summed E-state index contributed by atoms with van der Waals surface area (Å²) in [6, 6.07) is 9.91.